The molecule has 1 heterocycles. The molecule has 13 heteroatoms. The average molecular weight is 614 g/mol. The molecule has 0 aromatic heterocycles. The van der Waals surface area contributed by atoms with Crippen LogP contribution in [0.2, 0.25) is 0 Å². The van der Waals surface area contributed by atoms with Gasteiger partial charge >= 0.3 is 18.4 Å². The molecule has 1 aliphatic heterocycles. The van der Waals surface area contributed by atoms with Crippen LogP contribution in [0.1, 0.15) is 36.5 Å². The quantitative estimate of drug-likeness (QED) is 0.252. The number of aryl methyl sites for hydroxylation is 1. The number of ether oxygens (including phenoxy) is 1. The summed E-state index contributed by atoms with van der Waals surface area (Å²) in [7, 11) is 0. The molecule has 0 atom stereocenters. The number of nitrogens with zero attached hydrogens (tertiary/aromatic N) is 2. The Morgan fingerprint density at radius 1 is 1.00 bits per heavy atom. The molecule has 3 aromatic rings. The summed E-state index contributed by atoms with van der Waals surface area (Å²) in [6, 6.07) is 16.5. The number of amides is 5. The van der Waals surface area contributed by atoms with Crippen molar-refractivity contribution in [2.75, 3.05) is 27.8 Å². The van der Waals surface area contributed by atoms with Gasteiger partial charge in [0, 0.05) is 17.9 Å². The first-order valence-electron chi connectivity index (χ1n) is 13.3. The zero-order valence-electron chi connectivity index (χ0n) is 23.6. The van der Waals surface area contributed by atoms with E-state index in [9.17, 15) is 27.6 Å². The number of aliphatic imine (C=N–C) groups is 1. The predicted octanol–water partition coefficient (Wildman–Crippen LogP) is 7.05. The Kier molecular flexibility index (Phi) is 9.96. The van der Waals surface area contributed by atoms with Gasteiger partial charge in [0.25, 0.3) is 0 Å². The molecule has 0 radical (unpaired) electrons. The maximum absolute atomic E-state index is 12.7. The van der Waals surface area contributed by atoms with E-state index < -0.39 is 24.2 Å². The number of hydrogen-bond donors (Lipinski definition) is 3. The van der Waals surface area contributed by atoms with E-state index in [4.69, 9.17) is 0 Å². The number of carbonyl (C=O) groups excluding carboxylic acids is 3. The normalized spacial score (nSPS) is 14.3. The van der Waals surface area contributed by atoms with E-state index in [0.29, 0.717) is 23.8 Å². The first-order chi connectivity index (χ1) is 20.4. The number of thioether (sulfide) groups is 1. The zero-order valence-corrected chi connectivity index (χ0v) is 24.4. The Bertz CT molecular complexity index is 1510. The highest BCUT2D eigenvalue weighted by atomic mass is 32.2. The maximum Gasteiger partial charge on any atom is 0.573 e. The summed E-state index contributed by atoms with van der Waals surface area (Å²) in [5.41, 5.74) is 4.42. The fourth-order valence-electron chi connectivity index (χ4n) is 4.25. The fourth-order valence-corrected chi connectivity index (χ4v) is 5.10. The van der Waals surface area contributed by atoms with E-state index in [0.717, 1.165) is 34.5 Å². The Hall–Kier alpha value is -4.52. The van der Waals surface area contributed by atoms with Gasteiger partial charge in [-0.05, 0) is 78.4 Å². The van der Waals surface area contributed by atoms with E-state index in [1.54, 1.807) is 24.3 Å². The minimum absolute atomic E-state index is 0.125. The van der Waals surface area contributed by atoms with Crippen LogP contribution >= 0.6 is 11.8 Å². The van der Waals surface area contributed by atoms with Crippen molar-refractivity contribution in [3.05, 3.63) is 83.4 Å². The van der Waals surface area contributed by atoms with Crippen molar-refractivity contribution in [2.24, 2.45) is 4.99 Å². The first kappa shape index (κ1) is 31.4. The van der Waals surface area contributed by atoms with Crippen LogP contribution in [-0.4, -0.2) is 41.8 Å². The van der Waals surface area contributed by atoms with Gasteiger partial charge in [0.1, 0.15) is 5.75 Å². The van der Waals surface area contributed by atoms with Gasteiger partial charge < -0.3 is 20.7 Å². The molecule has 1 saturated heterocycles. The Labute approximate surface area is 250 Å². The lowest BCUT2D eigenvalue weighted by Gasteiger charge is -2.22. The minimum atomic E-state index is -4.80. The summed E-state index contributed by atoms with van der Waals surface area (Å²) >= 11 is 1.23. The highest BCUT2D eigenvalue weighted by Gasteiger charge is 2.33. The highest BCUT2D eigenvalue weighted by Crippen LogP contribution is 2.34. The first-order valence-corrected chi connectivity index (χ1v) is 14.3. The molecule has 5 amide bonds. The minimum Gasteiger partial charge on any atom is -0.406 e. The van der Waals surface area contributed by atoms with Gasteiger partial charge in [0.2, 0.25) is 5.91 Å². The second-order valence-corrected chi connectivity index (χ2v) is 10.9. The van der Waals surface area contributed by atoms with Crippen molar-refractivity contribution in [3.63, 3.8) is 0 Å². The molecule has 0 aliphatic carbocycles. The number of halogens is 3. The van der Waals surface area contributed by atoms with Gasteiger partial charge in [-0.25, -0.2) is 9.59 Å². The molecule has 3 aromatic carbocycles. The SMILES string of the molecule is Cc1ccc(C(C)C)c(N2C(=O)CS/C2=N\C(=O)NCCc2ccc(NC(=O)Nc3ccc(OC(F)(F)F)cc3)cc2)c1. The van der Waals surface area contributed by atoms with Crippen LogP contribution in [0.4, 0.5) is 39.8 Å². The number of hydrogen-bond acceptors (Lipinski definition) is 5. The van der Waals surface area contributed by atoms with Gasteiger partial charge in [-0.1, -0.05) is 49.9 Å². The number of urea groups is 2. The van der Waals surface area contributed by atoms with Crippen LogP contribution in [0.5, 0.6) is 5.75 Å². The van der Waals surface area contributed by atoms with E-state index in [1.165, 1.54) is 28.8 Å². The van der Waals surface area contributed by atoms with Crippen LogP contribution in [0.3, 0.4) is 0 Å². The predicted molar refractivity (Wildman–Crippen MR) is 162 cm³/mol. The van der Waals surface area contributed by atoms with Crippen LogP contribution in [-0.2, 0) is 11.2 Å². The van der Waals surface area contributed by atoms with Crippen LogP contribution in [0.15, 0.2) is 71.7 Å². The molecular formula is C30H30F3N5O4S. The number of benzene rings is 3. The fraction of sp³-hybridized carbons (Fsp3) is 0.267. The maximum atomic E-state index is 12.7. The Morgan fingerprint density at radius 3 is 2.23 bits per heavy atom. The average Bonchev–Trinajstić information content (AvgIpc) is 3.29. The van der Waals surface area contributed by atoms with Crippen molar-refractivity contribution in [3.8, 4) is 5.75 Å². The van der Waals surface area contributed by atoms with Gasteiger partial charge in [-0.3, -0.25) is 9.69 Å². The zero-order chi connectivity index (χ0) is 31.1. The molecule has 1 fully saturated rings. The Morgan fingerprint density at radius 2 is 1.63 bits per heavy atom. The van der Waals surface area contributed by atoms with Gasteiger partial charge in [0.05, 0.1) is 11.4 Å². The van der Waals surface area contributed by atoms with Crippen molar-refractivity contribution in [1.82, 2.24) is 5.32 Å². The summed E-state index contributed by atoms with van der Waals surface area (Å²) in [6.45, 7) is 6.35. The number of nitrogens with one attached hydrogen (secondary N) is 3. The van der Waals surface area contributed by atoms with E-state index >= 15 is 0 Å². The number of anilines is 3. The topological polar surface area (TPSA) is 112 Å². The molecule has 4 rings (SSSR count). The molecule has 1 aliphatic rings. The standard InChI is InChI=1S/C30H30F3N5O4S/c1-18(2)24-13-4-19(3)16-25(24)38-26(39)17-43-29(38)37-27(40)34-15-14-20-5-7-21(8-6-20)35-28(41)36-22-9-11-23(12-10-22)42-30(31,32)33/h4-13,16,18H,14-15,17H2,1-3H3,(H,34,40)(H2,35,36,41)/b37-29-. The van der Waals surface area contributed by atoms with Crippen molar-refractivity contribution in [2.45, 2.75) is 39.5 Å². The number of alkyl halides is 3. The summed E-state index contributed by atoms with van der Waals surface area (Å²) in [6.07, 6.45) is -4.29. The summed E-state index contributed by atoms with van der Waals surface area (Å²) in [5.74, 6) is -0.129. The molecule has 3 N–H and O–H groups in total. The third-order valence-corrected chi connectivity index (χ3v) is 7.18. The van der Waals surface area contributed by atoms with Crippen LogP contribution in [0.25, 0.3) is 0 Å². The van der Waals surface area contributed by atoms with Crippen molar-refractivity contribution >= 4 is 52.0 Å². The molecule has 0 bridgehead atoms. The lowest BCUT2D eigenvalue weighted by Crippen LogP contribution is -2.32. The summed E-state index contributed by atoms with van der Waals surface area (Å²) < 4.78 is 40.7. The number of amidine groups is 1. The molecular weight excluding hydrogens is 583 g/mol. The monoisotopic (exact) mass is 613 g/mol. The lowest BCUT2D eigenvalue weighted by molar-refractivity contribution is -0.274. The van der Waals surface area contributed by atoms with E-state index in [-0.39, 0.29) is 23.3 Å². The second kappa shape index (κ2) is 13.6. The van der Waals surface area contributed by atoms with Gasteiger partial charge in [-0.2, -0.15) is 4.99 Å². The number of rotatable bonds is 8. The summed E-state index contributed by atoms with van der Waals surface area (Å²) in [5, 5.41) is 8.26. The molecule has 0 unspecified atom stereocenters. The van der Waals surface area contributed by atoms with Crippen molar-refractivity contribution in [1.29, 1.82) is 0 Å². The lowest BCUT2D eigenvalue weighted by atomic mass is 9.99. The molecule has 9 nitrogen and oxygen atoms in total. The van der Waals surface area contributed by atoms with E-state index in [2.05, 4.69) is 25.7 Å². The second-order valence-electron chi connectivity index (χ2n) is 9.96. The van der Waals surface area contributed by atoms with Crippen molar-refractivity contribution < 1.29 is 32.3 Å². The molecule has 43 heavy (non-hydrogen) atoms. The van der Waals surface area contributed by atoms with Gasteiger partial charge in [0.15, 0.2) is 5.17 Å². The smallest absolute Gasteiger partial charge is 0.406 e. The van der Waals surface area contributed by atoms with Crippen LogP contribution in [0, 0.1) is 6.92 Å². The van der Waals surface area contributed by atoms with Crippen LogP contribution < -0.4 is 25.6 Å². The van der Waals surface area contributed by atoms with E-state index in [1.807, 2.05) is 39.0 Å². The largest absolute Gasteiger partial charge is 0.573 e. The third kappa shape index (κ3) is 8.98. The molecule has 226 valence electrons. The molecule has 0 saturated carbocycles. The summed E-state index contributed by atoms with van der Waals surface area (Å²) in [4.78, 5) is 43.3. The van der Waals surface area contributed by atoms with Gasteiger partial charge in [-0.15, -0.1) is 13.2 Å². The third-order valence-electron chi connectivity index (χ3n) is 6.26. The highest BCUT2D eigenvalue weighted by molar-refractivity contribution is 8.15. The Balaban J connectivity index is 1.27. The molecule has 0 spiro atoms. The number of carbonyl (C=O) groups is 3.